The number of benzene rings is 1. The van der Waals surface area contributed by atoms with E-state index in [-0.39, 0.29) is 12.4 Å². The van der Waals surface area contributed by atoms with Gasteiger partial charge in [0.25, 0.3) is 0 Å². The number of anilines is 4. The minimum absolute atomic E-state index is 0.0778. The minimum atomic E-state index is -0.0778. The van der Waals surface area contributed by atoms with E-state index in [0.717, 1.165) is 61.5 Å². The molecule has 1 unspecified atom stereocenters. The highest BCUT2D eigenvalue weighted by Crippen LogP contribution is 2.36. The summed E-state index contributed by atoms with van der Waals surface area (Å²) in [7, 11) is 0. The van der Waals surface area contributed by atoms with Crippen molar-refractivity contribution in [2.75, 3.05) is 41.4 Å². The molecule has 0 radical (unpaired) electrons. The molecule has 6 heteroatoms. The van der Waals surface area contributed by atoms with Crippen LogP contribution in [-0.2, 0) is 0 Å². The van der Waals surface area contributed by atoms with Crippen LogP contribution in [0.25, 0.3) is 6.08 Å². The average molecular weight is 451 g/mol. The van der Waals surface area contributed by atoms with Gasteiger partial charge in [0.2, 0.25) is 0 Å². The van der Waals surface area contributed by atoms with E-state index in [1.807, 2.05) is 0 Å². The van der Waals surface area contributed by atoms with Gasteiger partial charge in [0.05, 0.1) is 6.54 Å². The second-order valence-electron chi connectivity index (χ2n) is 9.80. The van der Waals surface area contributed by atoms with Crippen molar-refractivity contribution in [2.24, 2.45) is 5.92 Å². The van der Waals surface area contributed by atoms with Gasteiger partial charge in [0.1, 0.15) is 11.6 Å². The van der Waals surface area contributed by atoms with E-state index in [1.54, 1.807) is 12.3 Å². The lowest BCUT2D eigenvalue weighted by atomic mass is 9.98. The van der Waals surface area contributed by atoms with Crippen LogP contribution in [0.3, 0.4) is 0 Å². The lowest BCUT2D eigenvalue weighted by molar-refractivity contribution is 0.209. The molecule has 0 amide bonds. The van der Waals surface area contributed by atoms with Crippen LogP contribution in [0.4, 0.5) is 27.3 Å². The topological polar surface area (TPSA) is 51.6 Å². The van der Waals surface area contributed by atoms with Crippen LogP contribution in [0.1, 0.15) is 56.9 Å². The van der Waals surface area contributed by atoms with Crippen molar-refractivity contribution < 1.29 is 9.50 Å². The predicted octanol–water partition coefficient (Wildman–Crippen LogP) is 5.89. The Morgan fingerprint density at radius 3 is 2.58 bits per heavy atom. The highest BCUT2D eigenvalue weighted by atomic mass is 19.1. The van der Waals surface area contributed by atoms with Gasteiger partial charge in [-0.2, -0.15) is 0 Å². The van der Waals surface area contributed by atoms with Gasteiger partial charge in [-0.15, -0.1) is 0 Å². The summed E-state index contributed by atoms with van der Waals surface area (Å²) in [5.41, 5.74) is 4.13. The molecule has 3 aliphatic rings. The number of piperidine rings is 1. The van der Waals surface area contributed by atoms with E-state index in [4.69, 9.17) is 0 Å². The van der Waals surface area contributed by atoms with Crippen molar-refractivity contribution in [1.29, 1.82) is 0 Å². The highest BCUT2D eigenvalue weighted by Gasteiger charge is 2.27. The molecule has 1 saturated heterocycles. The fourth-order valence-electron chi connectivity index (χ4n) is 5.59. The number of nitrogens with one attached hydrogen (secondary N) is 1. The molecule has 1 atom stereocenters. The third-order valence-electron chi connectivity index (χ3n) is 7.40. The number of hydrogen-bond donors (Lipinski definition) is 2. The largest absolute Gasteiger partial charge is 0.396 e. The SMILES string of the molecule is OCC1CCCN(c2ccc(Nc3cc4c(cn3)C=C(F)CN4C3CCCCCC3)cc2)C1. The van der Waals surface area contributed by atoms with Crippen LogP contribution in [0.2, 0.25) is 0 Å². The summed E-state index contributed by atoms with van der Waals surface area (Å²) in [4.78, 5) is 9.19. The Kier molecular flexibility index (Phi) is 6.81. The summed E-state index contributed by atoms with van der Waals surface area (Å²) in [6.07, 6.45) is 12.9. The molecule has 2 aliphatic heterocycles. The number of hydrogen-bond acceptors (Lipinski definition) is 5. The van der Waals surface area contributed by atoms with E-state index in [0.29, 0.717) is 18.5 Å². The molecule has 1 saturated carbocycles. The number of fused-ring (bicyclic) bond motifs is 1. The molecular weight excluding hydrogens is 415 g/mol. The van der Waals surface area contributed by atoms with Crippen molar-refractivity contribution >= 4 is 29.0 Å². The summed E-state index contributed by atoms with van der Waals surface area (Å²) in [6.45, 7) is 2.57. The average Bonchev–Trinajstić information content (AvgIpc) is 3.14. The number of rotatable bonds is 5. The van der Waals surface area contributed by atoms with E-state index >= 15 is 0 Å². The Hall–Kier alpha value is -2.60. The first-order valence-electron chi connectivity index (χ1n) is 12.6. The lowest BCUT2D eigenvalue weighted by Crippen LogP contribution is -2.38. The lowest BCUT2D eigenvalue weighted by Gasteiger charge is -2.36. The van der Waals surface area contributed by atoms with Crippen LogP contribution in [0.15, 0.2) is 42.4 Å². The summed E-state index contributed by atoms with van der Waals surface area (Å²) < 4.78 is 14.4. The van der Waals surface area contributed by atoms with E-state index in [1.165, 1.54) is 31.4 Å². The van der Waals surface area contributed by atoms with Gasteiger partial charge in [-0.05, 0) is 61.9 Å². The molecule has 5 rings (SSSR count). The molecule has 1 aliphatic carbocycles. The van der Waals surface area contributed by atoms with Crippen LogP contribution in [-0.4, -0.2) is 42.4 Å². The zero-order valence-corrected chi connectivity index (χ0v) is 19.3. The number of halogens is 1. The molecule has 2 fully saturated rings. The molecule has 1 aromatic heterocycles. The monoisotopic (exact) mass is 450 g/mol. The van der Waals surface area contributed by atoms with E-state index < -0.39 is 0 Å². The summed E-state index contributed by atoms with van der Waals surface area (Å²) in [6, 6.07) is 10.9. The minimum Gasteiger partial charge on any atom is -0.396 e. The maximum absolute atomic E-state index is 14.4. The maximum Gasteiger partial charge on any atom is 0.132 e. The first-order chi connectivity index (χ1) is 16.2. The van der Waals surface area contributed by atoms with Crippen molar-refractivity contribution in [3.05, 3.63) is 47.9 Å². The van der Waals surface area contributed by atoms with E-state index in [9.17, 15) is 9.50 Å². The molecule has 2 N–H and O–H groups in total. The van der Waals surface area contributed by atoms with Crippen molar-refractivity contribution in [3.63, 3.8) is 0 Å². The molecule has 0 spiro atoms. The normalized spacial score (nSPS) is 21.9. The van der Waals surface area contributed by atoms with Gasteiger partial charge in [0, 0.05) is 60.6 Å². The predicted molar refractivity (Wildman–Crippen MR) is 134 cm³/mol. The Balaban J connectivity index is 1.32. The second kappa shape index (κ2) is 10.1. The Morgan fingerprint density at radius 1 is 1.03 bits per heavy atom. The van der Waals surface area contributed by atoms with Crippen LogP contribution in [0.5, 0.6) is 0 Å². The Bertz CT molecular complexity index is 969. The Labute approximate surface area is 196 Å². The molecule has 33 heavy (non-hydrogen) atoms. The molecule has 1 aromatic carbocycles. The van der Waals surface area contributed by atoms with Gasteiger partial charge in [0.15, 0.2) is 0 Å². The summed E-state index contributed by atoms with van der Waals surface area (Å²) >= 11 is 0. The fourth-order valence-corrected chi connectivity index (χ4v) is 5.59. The summed E-state index contributed by atoms with van der Waals surface area (Å²) in [5, 5.41) is 12.9. The number of aliphatic hydroxyl groups is 1. The molecule has 0 bridgehead atoms. The van der Waals surface area contributed by atoms with Gasteiger partial charge < -0.3 is 20.2 Å². The molecule has 5 nitrogen and oxygen atoms in total. The number of aromatic nitrogens is 1. The van der Waals surface area contributed by atoms with Gasteiger partial charge in [-0.1, -0.05) is 25.7 Å². The second-order valence-corrected chi connectivity index (χ2v) is 9.80. The van der Waals surface area contributed by atoms with Crippen LogP contribution < -0.4 is 15.1 Å². The number of aliphatic hydroxyl groups excluding tert-OH is 1. The smallest absolute Gasteiger partial charge is 0.132 e. The van der Waals surface area contributed by atoms with Gasteiger partial charge in [-0.3, -0.25) is 0 Å². The third-order valence-corrected chi connectivity index (χ3v) is 7.40. The number of nitrogens with zero attached hydrogens (tertiary/aromatic N) is 3. The Morgan fingerprint density at radius 2 is 1.82 bits per heavy atom. The van der Waals surface area contributed by atoms with Crippen molar-refractivity contribution in [2.45, 2.75) is 57.4 Å². The number of pyridine rings is 1. The molecule has 3 heterocycles. The fraction of sp³-hybridized carbons (Fsp3) is 0.519. The van der Waals surface area contributed by atoms with Gasteiger partial charge in [-0.25, -0.2) is 9.37 Å². The van der Waals surface area contributed by atoms with Crippen molar-refractivity contribution in [1.82, 2.24) is 4.98 Å². The first kappa shape index (κ1) is 22.2. The molecule has 2 aromatic rings. The highest BCUT2D eigenvalue weighted by molar-refractivity contribution is 5.76. The first-order valence-corrected chi connectivity index (χ1v) is 12.6. The van der Waals surface area contributed by atoms with Crippen LogP contribution in [0, 0.1) is 5.92 Å². The van der Waals surface area contributed by atoms with Crippen molar-refractivity contribution in [3.8, 4) is 0 Å². The zero-order chi connectivity index (χ0) is 22.6. The summed E-state index contributed by atoms with van der Waals surface area (Å²) in [5.74, 6) is 1.08. The quantitative estimate of drug-likeness (QED) is 0.557. The van der Waals surface area contributed by atoms with Crippen LogP contribution >= 0.6 is 0 Å². The molecular formula is C27H35FN4O. The van der Waals surface area contributed by atoms with E-state index in [2.05, 4.69) is 50.4 Å². The standard InChI is InChI=1S/C27H35FN4O/c28-22-14-21-16-29-27(15-26(21)32(18-22)25-7-3-1-2-4-8-25)30-23-9-11-24(12-10-23)31-13-5-6-20(17-31)19-33/h9-12,14-16,20,25,33H,1-8,13,17-19H2,(H,29,30). The third kappa shape index (κ3) is 5.16. The zero-order valence-electron chi connectivity index (χ0n) is 19.3. The van der Waals surface area contributed by atoms with Gasteiger partial charge >= 0.3 is 0 Å². The maximum atomic E-state index is 14.4. The molecule has 176 valence electrons.